The van der Waals surface area contributed by atoms with Crippen molar-refractivity contribution in [3.8, 4) is 0 Å². The molecule has 1 aromatic carbocycles. The first-order valence-corrected chi connectivity index (χ1v) is 5.87. The molecule has 0 aliphatic carbocycles. The molecule has 0 bridgehead atoms. The lowest BCUT2D eigenvalue weighted by atomic mass is 10.1. The summed E-state index contributed by atoms with van der Waals surface area (Å²) >= 11 is 0. The highest BCUT2D eigenvalue weighted by Crippen LogP contribution is 2.22. The Labute approximate surface area is 105 Å². The number of hydrogen-bond acceptors (Lipinski definition) is 4. The second kappa shape index (κ2) is 4.78. The molecule has 5 heteroatoms. The molecule has 96 valence electrons. The number of carbonyl (C=O) groups is 2. The molecule has 2 N–H and O–H groups in total. The third-order valence-corrected chi connectivity index (χ3v) is 3.13. The van der Waals surface area contributed by atoms with Crippen LogP contribution in [0.3, 0.4) is 0 Å². The Hall–Kier alpha value is -1.88. The number of rotatable bonds is 2. The summed E-state index contributed by atoms with van der Waals surface area (Å²) in [5.41, 5.74) is 1.61. The highest BCUT2D eigenvalue weighted by atomic mass is 16.3. The topological polar surface area (TPSA) is 69.6 Å². The van der Waals surface area contributed by atoms with Crippen LogP contribution in [-0.2, 0) is 9.59 Å². The SMILES string of the molecule is CC1C(=O)NC(=O)CN1c1ccc([C@@H](C)O)cc1. The summed E-state index contributed by atoms with van der Waals surface area (Å²) in [5.74, 6) is -0.580. The second-order valence-electron chi connectivity index (χ2n) is 4.48. The molecule has 2 rings (SSSR count). The largest absolute Gasteiger partial charge is 0.389 e. The molecule has 1 fully saturated rings. The van der Waals surface area contributed by atoms with Crippen molar-refractivity contribution in [2.24, 2.45) is 0 Å². The molecule has 1 aliphatic rings. The van der Waals surface area contributed by atoms with E-state index in [1.54, 1.807) is 30.9 Å². The lowest BCUT2D eigenvalue weighted by Crippen LogP contribution is -2.57. The van der Waals surface area contributed by atoms with E-state index >= 15 is 0 Å². The predicted molar refractivity (Wildman–Crippen MR) is 67.0 cm³/mol. The molecule has 1 aliphatic heterocycles. The number of imide groups is 1. The summed E-state index contributed by atoms with van der Waals surface area (Å²) in [6, 6.07) is 6.84. The van der Waals surface area contributed by atoms with Gasteiger partial charge in [0.15, 0.2) is 0 Å². The average Bonchev–Trinajstić information content (AvgIpc) is 2.34. The van der Waals surface area contributed by atoms with Gasteiger partial charge in [0.2, 0.25) is 11.8 Å². The Morgan fingerprint density at radius 1 is 1.33 bits per heavy atom. The van der Waals surface area contributed by atoms with E-state index in [1.807, 2.05) is 12.1 Å². The Bertz CT molecular complexity index is 468. The summed E-state index contributed by atoms with van der Waals surface area (Å²) < 4.78 is 0. The molecule has 2 amide bonds. The first-order chi connectivity index (χ1) is 8.49. The van der Waals surface area contributed by atoms with E-state index in [0.29, 0.717) is 0 Å². The van der Waals surface area contributed by atoms with Crippen LogP contribution in [0.1, 0.15) is 25.5 Å². The Morgan fingerprint density at radius 2 is 1.94 bits per heavy atom. The maximum atomic E-state index is 11.5. The zero-order valence-electron chi connectivity index (χ0n) is 10.4. The zero-order chi connectivity index (χ0) is 13.3. The van der Waals surface area contributed by atoms with Crippen molar-refractivity contribution in [3.05, 3.63) is 29.8 Å². The first-order valence-electron chi connectivity index (χ1n) is 5.87. The van der Waals surface area contributed by atoms with E-state index < -0.39 is 6.10 Å². The van der Waals surface area contributed by atoms with E-state index in [9.17, 15) is 14.7 Å². The van der Waals surface area contributed by atoms with Gasteiger partial charge in [0.1, 0.15) is 6.04 Å². The van der Waals surface area contributed by atoms with Crippen molar-refractivity contribution in [2.45, 2.75) is 26.0 Å². The molecule has 2 atom stereocenters. The fourth-order valence-electron chi connectivity index (χ4n) is 1.97. The highest BCUT2D eigenvalue weighted by Gasteiger charge is 2.30. The van der Waals surface area contributed by atoms with Gasteiger partial charge in [-0.05, 0) is 31.5 Å². The van der Waals surface area contributed by atoms with Gasteiger partial charge in [0, 0.05) is 5.69 Å². The van der Waals surface area contributed by atoms with Crippen LogP contribution in [0.5, 0.6) is 0 Å². The molecular weight excluding hydrogens is 232 g/mol. The molecule has 1 heterocycles. The van der Waals surface area contributed by atoms with Gasteiger partial charge in [-0.3, -0.25) is 14.9 Å². The lowest BCUT2D eigenvalue weighted by molar-refractivity contribution is -0.132. The summed E-state index contributed by atoms with van der Waals surface area (Å²) in [6.07, 6.45) is -0.525. The average molecular weight is 248 g/mol. The van der Waals surface area contributed by atoms with Crippen molar-refractivity contribution < 1.29 is 14.7 Å². The van der Waals surface area contributed by atoms with Gasteiger partial charge in [-0.15, -0.1) is 0 Å². The monoisotopic (exact) mass is 248 g/mol. The van der Waals surface area contributed by atoms with Gasteiger partial charge in [-0.25, -0.2) is 0 Å². The van der Waals surface area contributed by atoms with E-state index in [4.69, 9.17) is 0 Å². The number of aliphatic hydroxyl groups is 1. The molecule has 0 saturated carbocycles. The predicted octanol–water partition coefficient (Wildman–Crippen LogP) is 0.591. The number of piperazine rings is 1. The van der Waals surface area contributed by atoms with Crippen LogP contribution in [0, 0.1) is 0 Å². The number of nitrogens with one attached hydrogen (secondary N) is 1. The normalized spacial score (nSPS) is 21.7. The van der Waals surface area contributed by atoms with Gasteiger partial charge >= 0.3 is 0 Å². The molecule has 0 aromatic heterocycles. The zero-order valence-corrected chi connectivity index (χ0v) is 10.4. The first kappa shape index (κ1) is 12.6. The van der Waals surface area contributed by atoms with Crippen molar-refractivity contribution in [2.75, 3.05) is 11.4 Å². The van der Waals surface area contributed by atoms with Gasteiger partial charge in [-0.2, -0.15) is 0 Å². The maximum Gasteiger partial charge on any atom is 0.249 e. The number of amides is 2. The fourth-order valence-corrected chi connectivity index (χ4v) is 1.97. The Balaban J connectivity index is 2.24. The minimum absolute atomic E-state index is 0.168. The van der Waals surface area contributed by atoms with Gasteiger partial charge in [0.05, 0.1) is 12.6 Å². The summed E-state index contributed by atoms with van der Waals surface area (Å²) in [7, 11) is 0. The molecule has 5 nitrogen and oxygen atoms in total. The minimum Gasteiger partial charge on any atom is -0.389 e. The summed E-state index contributed by atoms with van der Waals surface area (Å²) in [5, 5.41) is 11.7. The number of hydrogen-bond donors (Lipinski definition) is 2. The molecule has 1 saturated heterocycles. The van der Waals surface area contributed by atoms with Crippen LogP contribution >= 0.6 is 0 Å². The van der Waals surface area contributed by atoms with Crippen LogP contribution in [0.25, 0.3) is 0 Å². The quantitative estimate of drug-likeness (QED) is 0.752. The Morgan fingerprint density at radius 3 is 2.50 bits per heavy atom. The second-order valence-corrected chi connectivity index (χ2v) is 4.48. The lowest BCUT2D eigenvalue weighted by Gasteiger charge is -2.33. The van der Waals surface area contributed by atoms with E-state index in [-0.39, 0.29) is 24.4 Å². The summed E-state index contributed by atoms with van der Waals surface area (Å²) in [6.45, 7) is 3.61. The Kier molecular flexibility index (Phi) is 3.34. The number of anilines is 1. The van der Waals surface area contributed by atoms with Crippen molar-refractivity contribution >= 4 is 17.5 Å². The number of nitrogens with zero attached hydrogens (tertiary/aromatic N) is 1. The third kappa shape index (κ3) is 2.36. The van der Waals surface area contributed by atoms with Crippen LogP contribution in [-0.4, -0.2) is 29.5 Å². The van der Waals surface area contributed by atoms with Gasteiger partial charge < -0.3 is 10.0 Å². The van der Waals surface area contributed by atoms with Gasteiger partial charge in [0.25, 0.3) is 0 Å². The van der Waals surface area contributed by atoms with Gasteiger partial charge in [-0.1, -0.05) is 12.1 Å². The summed E-state index contributed by atoms with van der Waals surface area (Å²) in [4.78, 5) is 24.7. The van der Waals surface area contributed by atoms with E-state index in [1.165, 1.54) is 0 Å². The standard InChI is InChI=1S/C13H16N2O3/c1-8-13(18)14-12(17)7-15(8)11-5-3-10(4-6-11)9(2)16/h3-6,8-9,16H,7H2,1-2H3,(H,14,17,18)/t8?,9-/m1/s1. The van der Waals surface area contributed by atoms with Crippen LogP contribution < -0.4 is 10.2 Å². The molecule has 18 heavy (non-hydrogen) atoms. The molecular formula is C13H16N2O3. The molecule has 1 unspecified atom stereocenters. The molecule has 1 aromatic rings. The van der Waals surface area contributed by atoms with Crippen LogP contribution in [0.15, 0.2) is 24.3 Å². The highest BCUT2D eigenvalue weighted by molar-refractivity contribution is 6.04. The molecule has 0 radical (unpaired) electrons. The van der Waals surface area contributed by atoms with Crippen molar-refractivity contribution in [1.82, 2.24) is 5.32 Å². The number of benzene rings is 1. The van der Waals surface area contributed by atoms with Crippen LogP contribution in [0.4, 0.5) is 5.69 Å². The number of carbonyl (C=O) groups excluding carboxylic acids is 2. The smallest absolute Gasteiger partial charge is 0.249 e. The van der Waals surface area contributed by atoms with Crippen molar-refractivity contribution in [1.29, 1.82) is 0 Å². The fraction of sp³-hybridized carbons (Fsp3) is 0.385. The third-order valence-electron chi connectivity index (χ3n) is 3.13. The van der Waals surface area contributed by atoms with Crippen molar-refractivity contribution in [3.63, 3.8) is 0 Å². The van der Waals surface area contributed by atoms with E-state index in [0.717, 1.165) is 11.3 Å². The molecule has 0 spiro atoms. The maximum absolute atomic E-state index is 11.5. The minimum atomic E-state index is -0.525. The van der Waals surface area contributed by atoms with Crippen LogP contribution in [0.2, 0.25) is 0 Å². The number of aliphatic hydroxyl groups excluding tert-OH is 1. The van der Waals surface area contributed by atoms with E-state index in [2.05, 4.69) is 5.32 Å².